The van der Waals surface area contributed by atoms with E-state index >= 15 is 0 Å². The molecule has 1 amide bonds. The molecular weight excluding hydrogens is 326 g/mol. The van der Waals surface area contributed by atoms with Crippen LogP contribution in [0, 0.1) is 0 Å². The summed E-state index contributed by atoms with van der Waals surface area (Å²) < 4.78 is 2.14. The summed E-state index contributed by atoms with van der Waals surface area (Å²) in [7, 11) is 0. The fourth-order valence-corrected chi connectivity index (χ4v) is 3.86. The summed E-state index contributed by atoms with van der Waals surface area (Å²) in [4.78, 5) is 26.4. The van der Waals surface area contributed by atoms with Gasteiger partial charge in [-0.2, -0.15) is 0 Å². The number of fused-ring (bicyclic) bond motifs is 1. The van der Waals surface area contributed by atoms with Crippen molar-refractivity contribution in [3.8, 4) is 0 Å². The van der Waals surface area contributed by atoms with Crippen molar-refractivity contribution >= 4 is 17.1 Å². The lowest BCUT2D eigenvalue weighted by Gasteiger charge is -2.26. The summed E-state index contributed by atoms with van der Waals surface area (Å²) in [5.41, 5.74) is 2.37. The van der Waals surface area contributed by atoms with Crippen LogP contribution in [-0.2, 0) is 0 Å². The minimum atomic E-state index is 0.0673. The molecule has 26 heavy (non-hydrogen) atoms. The molecule has 2 fully saturated rings. The van der Waals surface area contributed by atoms with E-state index in [0.29, 0.717) is 11.6 Å². The summed E-state index contributed by atoms with van der Waals surface area (Å²) in [6.07, 6.45) is 11.2. The average molecular weight is 355 g/mol. The first-order valence-electron chi connectivity index (χ1n) is 10.1. The van der Waals surface area contributed by atoms with Crippen molar-refractivity contribution in [2.24, 2.45) is 0 Å². The monoisotopic (exact) mass is 355 g/mol. The van der Waals surface area contributed by atoms with Gasteiger partial charge >= 0.3 is 0 Å². The first kappa shape index (κ1) is 17.5. The number of hydrogen-bond donors (Lipinski definition) is 0. The molecule has 0 atom stereocenters. The molecule has 1 saturated carbocycles. The summed E-state index contributed by atoms with van der Waals surface area (Å²) in [6.45, 7) is 6.85. The standard InChI is InChI=1S/C20H29N5O/c1-2-24(12-11-23-9-5-3-4-6-10-23)20(26)16-13-18-19(21-14-16)25(15-22-18)17-7-8-17/h13-15,17H,2-12H2,1H3. The van der Waals surface area contributed by atoms with E-state index in [4.69, 9.17) is 0 Å². The van der Waals surface area contributed by atoms with Gasteiger partial charge in [0.25, 0.3) is 5.91 Å². The van der Waals surface area contributed by atoms with E-state index in [9.17, 15) is 4.79 Å². The lowest BCUT2D eigenvalue weighted by Crippen LogP contribution is -2.39. The molecule has 1 aliphatic carbocycles. The Labute approximate surface area is 155 Å². The molecule has 140 valence electrons. The Bertz CT molecular complexity index is 759. The highest BCUT2D eigenvalue weighted by atomic mass is 16.2. The van der Waals surface area contributed by atoms with E-state index in [1.807, 2.05) is 24.2 Å². The third kappa shape index (κ3) is 3.75. The van der Waals surface area contributed by atoms with Crippen LogP contribution in [0.3, 0.4) is 0 Å². The minimum Gasteiger partial charge on any atom is -0.338 e. The van der Waals surface area contributed by atoms with Gasteiger partial charge in [0.1, 0.15) is 5.52 Å². The Kier molecular flexibility index (Phi) is 5.20. The van der Waals surface area contributed by atoms with Crippen LogP contribution in [0.1, 0.15) is 61.8 Å². The van der Waals surface area contributed by atoms with E-state index < -0.39 is 0 Å². The fourth-order valence-electron chi connectivity index (χ4n) is 3.86. The number of carbonyl (C=O) groups excluding carboxylic acids is 1. The summed E-state index contributed by atoms with van der Waals surface area (Å²) in [6, 6.07) is 2.45. The molecule has 2 aliphatic rings. The van der Waals surface area contributed by atoms with Crippen LogP contribution in [0.5, 0.6) is 0 Å². The smallest absolute Gasteiger partial charge is 0.255 e. The van der Waals surface area contributed by atoms with Crippen LogP contribution in [-0.4, -0.2) is 63.0 Å². The van der Waals surface area contributed by atoms with Gasteiger partial charge in [-0.1, -0.05) is 12.8 Å². The summed E-state index contributed by atoms with van der Waals surface area (Å²) in [5.74, 6) is 0.0673. The van der Waals surface area contributed by atoms with Crippen molar-refractivity contribution in [2.45, 2.75) is 51.5 Å². The van der Waals surface area contributed by atoms with Gasteiger partial charge in [0.15, 0.2) is 5.65 Å². The molecule has 0 aromatic carbocycles. The SMILES string of the molecule is CCN(CCN1CCCCCC1)C(=O)c1cnc2c(c1)ncn2C1CC1. The lowest BCUT2D eigenvalue weighted by atomic mass is 10.2. The number of rotatable bonds is 6. The normalized spacial score (nSPS) is 18.8. The molecule has 3 heterocycles. The number of nitrogens with zero attached hydrogens (tertiary/aromatic N) is 5. The van der Waals surface area contributed by atoms with E-state index in [0.717, 1.165) is 43.9 Å². The summed E-state index contributed by atoms with van der Waals surface area (Å²) >= 11 is 0. The maximum absolute atomic E-state index is 12.9. The molecule has 1 saturated heterocycles. The van der Waals surface area contributed by atoms with Gasteiger partial charge in [0.05, 0.1) is 11.9 Å². The Morgan fingerprint density at radius 2 is 1.96 bits per heavy atom. The van der Waals surface area contributed by atoms with Crippen LogP contribution in [0.25, 0.3) is 11.2 Å². The predicted molar refractivity (Wildman–Crippen MR) is 102 cm³/mol. The topological polar surface area (TPSA) is 54.3 Å². The maximum atomic E-state index is 12.9. The largest absolute Gasteiger partial charge is 0.338 e. The van der Waals surface area contributed by atoms with E-state index in [2.05, 4.69) is 19.4 Å². The molecule has 6 nitrogen and oxygen atoms in total. The van der Waals surface area contributed by atoms with Crippen molar-refractivity contribution in [2.75, 3.05) is 32.7 Å². The summed E-state index contributed by atoms with van der Waals surface area (Å²) in [5, 5.41) is 0. The number of likely N-dealkylation sites (N-methyl/N-ethyl adjacent to an activating group) is 1. The van der Waals surface area contributed by atoms with Gasteiger partial charge in [-0.3, -0.25) is 4.79 Å². The van der Waals surface area contributed by atoms with Crippen LogP contribution < -0.4 is 0 Å². The molecule has 0 spiro atoms. The number of likely N-dealkylation sites (tertiary alicyclic amines) is 1. The minimum absolute atomic E-state index is 0.0673. The lowest BCUT2D eigenvalue weighted by molar-refractivity contribution is 0.0745. The Hall–Kier alpha value is -1.95. The van der Waals surface area contributed by atoms with Crippen LogP contribution in [0.15, 0.2) is 18.6 Å². The van der Waals surface area contributed by atoms with Crippen molar-refractivity contribution in [3.63, 3.8) is 0 Å². The molecule has 0 N–H and O–H groups in total. The third-order valence-corrected chi connectivity index (χ3v) is 5.65. The highest BCUT2D eigenvalue weighted by molar-refractivity contribution is 5.96. The maximum Gasteiger partial charge on any atom is 0.255 e. The second kappa shape index (κ2) is 7.74. The molecule has 0 unspecified atom stereocenters. The van der Waals surface area contributed by atoms with Crippen LogP contribution >= 0.6 is 0 Å². The second-order valence-corrected chi connectivity index (χ2v) is 7.59. The van der Waals surface area contributed by atoms with Gasteiger partial charge in [-0.05, 0) is 51.8 Å². The molecule has 6 heteroatoms. The molecule has 4 rings (SSSR count). The predicted octanol–water partition coefficient (Wildman–Crippen LogP) is 3.10. The van der Waals surface area contributed by atoms with Crippen molar-refractivity contribution in [3.05, 3.63) is 24.2 Å². The third-order valence-electron chi connectivity index (χ3n) is 5.65. The zero-order valence-electron chi connectivity index (χ0n) is 15.7. The van der Waals surface area contributed by atoms with Gasteiger partial charge < -0.3 is 14.4 Å². The molecular formula is C20H29N5O. The zero-order valence-corrected chi connectivity index (χ0v) is 15.7. The Balaban J connectivity index is 1.43. The van der Waals surface area contributed by atoms with E-state index in [1.165, 1.54) is 38.5 Å². The first-order valence-corrected chi connectivity index (χ1v) is 10.1. The zero-order chi connectivity index (χ0) is 17.9. The van der Waals surface area contributed by atoms with Crippen molar-refractivity contribution in [1.29, 1.82) is 0 Å². The van der Waals surface area contributed by atoms with Gasteiger partial charge in [0, 0.05) is 31.9 Å². The number of pyridine rings is 1. The van der Waals surface area contributed by atoms with Gasteiger partial charge in [-0.15, -0.1) is 0 Å². The van der Waals surface area contributed by atoms with E-state index in [1.54, 1.807) is 6.20 Å². The second-order valence-electron chi connectivity index (χ2n) is 7.59. The highest BCUT2D eigenvalue weighted by Crippen LogP contribution is 2.36. The fraction of sp³-hybridized carbons (Fsp3) is 0.650. The number of aromatic nitrogens is 3. The first-order chi connectivity index (χ1) is 12.8. The number of amides is 1. The number of carbonyl (C=O) groups is 1. The average Bonchev–Trinajstić information content (AvgIpc) is 3.46. The van der Waals surface area contributed by atoms with E-state index in [-0.39, 0.29) is 5.91 Å². The number of imidazole rings is 1. The Morgan fingerprint density at radius 3 is 2.65 bits per heavy atom. The molecule has 2 aromatic rings. The van der Waals surface area contributed by atoms with Gasteiger partial charge in [-0.25, -0.2) is 9.97 Å². The molecule has 1 aliphatic heterocycles. The van der Waals surface area contributed by atoms with Crippen molar-refractivity contribution in [1.82, 2.24) is 24.3 Å². The quantitative estimate of drug-likeness (QED) is 0.799. The van der Waals surface area contributed by atoms with Gasteiger partial charge in [0.2, 0.25) is 0 Å². The molecule has 0 radical (unpaired) electrons. The molecule has 0 bridgehead atoms. The van der Waals surface area contributed by atoms with Crippen LogP contribution in [0.2, 0.25) is 0 Å². The number of hydrogen-bond acceptors (Lipinski definition) is 4. The Morgan fingerprint density at radius 1 is 1.19 bits per heavy atom. The van der Waals surface area contributed by atoms with Crippen molar-refractivity contribution < 1.29 is 4.79 Å². The van der Waals surface area contributed by atoms with Crippen LogP contribution in [0.4, 0.5) is 0 Å². The molecule has 2 aromatic heterocycles. The highest BCUT2D eigenvalue weighted by Gasteiger charge is 2.26.